The molecular formula is C24H18FNO5. The Hall–Kier alpha value is -4.13. The van der Waals surface area contributed by atoms with Gasteiger partial charge in [-0.2, -0.15) is 0 Å². The van der Waals surface area contributed by atoms with Crippen LogP contribution in [0.3, 0.4) is 0 Å². The van der Waals surface area contributed by atoms with Crippen molar-refractivity contribution >= 4 is 22.8 Å². The van der Waals surface area contributed by atoms with Crippen LogP contribution in [0.5, 0.6) is 5.75 Å². The summed E-state index contributed by atoms with van der Waals surface area (Å²) < 4.78 is 24.7. The van der Waals surface area contributed by atoms with Gasteiger partial charge < -0.3 is 19.6 Å². The first kappa shape index (κ1) is 20.2. The van der Waals surface area contributed by atoms with E-state index in [1.54, 1.807) is 36.4 Å². The van der Waals surface area contributed by atoms with E-state index in [4.69, 9.17) is 9.15 Å². The van der Waals surface area contributed by atoms with Gasteiger partial charge >= 0.3 is 5.97 Å². The second-order valence-electron chi connectivity index (χ2n) is 6.82. The summed E-state index contributed by atoms with van der Waals surface area (Å²) in [7, 11) is 3.01. The van der Waals surface area contributed by atoms with Crippen molar-refractivity contribution in [1.82, 2.24) is 5.32 Å². The summed E-state index contributed by atoms with van der Waals surface area (Å²) in [5, 5.41) is 12.5. The second kappa shape index (κ2) is 7.95. The topological polar surface area (TPSA) is 88.8 Å². The van der Waals surface area contributed by atoms with E-state index in [0.717, 1.165) is 0 Å². The Labute approximate surface area is 176 Å². The number of nitrogens with one attached hydrogen (secondary N) is 1. The molecule has 0 bridgehead atoms. The summed E-state index contributed by atoms with van der Waals surface area (Å²) in [6, 6.07) is 15.5. The van der Waals surface area contributed by atoms with Crippen molar-refractivity contribution < 1.29 is 28.2 Å². The molecule has 31 heavy (non-hydrogen) atoms. The smallest absolute Gasteiger partial charge is 0.335 e. The van der Waals surface area contributed by atoms with Crippen LogP contribution < -0.4 is 10.1 Å². The van der Waals surface area contributed by atoms with Gasteiger partial charge in [0.05, 0.1) is 18.2 Å². The highest BCUT2D eigenvalue weighted by Crippen LogP contribution is 2.38. The zero-order chi connectivity index (χ0) is 22.1. The number of furan rings is 1. The molecule has 4 aromatic rings. The van der Waals surface area contributed by atoms with E-state index in [0.29, 0.717) is 44.7 Å². The van der Waals surface area contributed by atoms with Gasteiger partial charge in [0.25, 0.3) is 5.91 Å². The third-order valence-electron chi connectivity index (χ3n) is 5.01. The quantitative estimate of drug-likeness (QED) is 0.477. The number of ether oxygens (including phenoxy) is 1. The van der Waals surface area contributed by atoms with Crippen molar-refractivity contribution in [2.24, 2.45) is 0 Å². The van der Waals surface area contributed by atoms with Gasteiger partial charge in [-0.15, -0.1) is 0 Å². The summed E-state index contributed by atoms with van der Waals surface area (Å²) in [6.45, 7) is 0. The SMILES string of the molecule is CNC(=O)c1c(-c2ccc(F)cc2)oc2ccc(-c3cc(C(=O)O)ccc3OC)cc12. The van der Waals surface area contributed by atoms with Crippen LogP contribution in [-0.2, 0) is 0 Å². The molecular weight excluding hydrogens is 401 g/mol. The van der Waals surface area contributed by atoms with Crippen molar-refractivity contribution in [2.75, 3.05) is 14.2 Å². The molecule has 0 radical (unpaired) electrons. The molecule has 0 atom stereocenters. The lowest BCUT2D eigenvalue weighted by Crippen LogP contribution is -2.18. The lowest BCUT2D eigenvalue weighted by Gasteiger charge is -2.10. The molecule has 0 fully saturated rings. The van der Waals surface area contributed by atoms with Crippen LogP contribution in [0.2, 0.25) is 0 Å². The Morgan fingerprint density at radius 3 is 2.35 bits per heavy atom. The van der Waals surface area contributed by atoms with Crippen molar-refractivity contribution in [2.45, 2.75) is 0 Å². The molecule has 0 spiro atoms. The number of fused-ring (bicyclic) bond motifs is 1. The number of carboxylic acids is 1. The molecule has 0 saturated heterocycles. The zero-order valence-electron chi connectivity index (χ0n) is 16.7. The second-order valence-corrected chi connectivity index (χ2v) is 6.82. The van der Waals surface area contributed by atoms with Crippen LogP contribution in [0.15, 0.2) is 65.1 Å². The molecule has 0 aliphatic heterocycles. The number of hydrogen-bond acceptors (Lipinski definition) is 4. The Kier molecular flexibility index (Phi) is 5.17. The highest BCUT2D eigenvalue weighted by atomic mass is 19.1. The monoisotopic (exact) mass is 419 g/mol. The van der Waals surface area contributed by atoms with Crippen molar-refractivity contribution in [1.29, 1.82) is 0 Å². The molecule has 156 valence electrons. The molecule has 1 amide bonds. The van der Waals surface area contributed by atoms with Crippen LogP contribution in [-0.4, -0.2) is 31.1 Å². The van der Waals surface area contributed by atoms with Crippen LogP contribution in [0.1, 0.15) is 20.7 Å². The average Bonchev–Trinajstić information content (AvgIpc) is 3.17. The first-order valence-corrected chi connectivity index (χ1v) is 9.39. The van der Waals surface area contributed by atoms with Crippen LogP contribution in [0.4, 0.5) is 4.39 Å². The first-order chi connectivity index (χ1) is 14.9. The number of amides is 1. The number of rotatable bonds is 5. The number of carboxylic acid groups (broad SMARTS) is 1. The molecule has 0 aliphatic carbocycles. The maximum atomic E-state index is 13.4. The van der Waals surface area contributed by atoms with Gasteiger partial charge in [-0.3, -0.25) is 4.79 Å². The predicted octanol–water partition coefficient (Wildman–Crippen LogP) is 4.97. The molecule has 7 heteroatoms. The van der Waals surface area contributed by atoms with E-state index in [1.807, 2.05) is 0 Å². The average molecular weight is 419 g/mol. The Morgan fingerprint density at radius 2 is 1.71 bits per heavy atom. The third-order valence-corrected chi connectivity index (χ3v) is 5.01. The van der Waals surface area contributed by atoms with Crippen LogP contribution >= 0.6 is 0 Å². The molecule has 0 unspecified atom stereocenters. The number of carbonyl (C=O) groups is 2. The van der Waals surface area contributed by atoms with E-state index >= 15 is 0 Å². The number of benzene rings is 3. The van der Waals surface area contributed by atoms with Gasteiger partial charge in [0.15, 0.2) is 0 Å². The van der Waals surface area contributed by atoms with E-state index in [-0.39, 0.29) is 11.5 Å². The van der Waals surface area contributed by atoms with Gasteiger partial charge in [-0.25, -0.2) is 9.18 Å². The van der Waals surface area contributed by atoms with Crippen LogP contribution in [0.25, 0.3) is 33.4 Å². The van der Waals surface area contributed by atoms with Gasteiger partial charge in [0.2, 0.25) is 0 Å². The summed E-state index contributed by atoms with van der Waals surface area (Å²) >= 11 is 0. The van der Waals surface area contributed by atoms with Gasteiger partial charge in [-0.1, -0.05) is 6.07 Å². The van der Waals surface area contributed by atoms with Crippen molar-refractivity contribution in [3.8, 4) is 28.2 Å². The van der Waals surface area contributed by atoms with Crippen molar-refractivity contribution in [3.63, 3.8) is 0 Å². The minimum Gasteiger partial charge on any atom is -0.496 e. The van der Waals surface area contributed by atoms with E-state index in [1.165, 1.54) is 38.4 Å². The number of hydrogen-bond donors (Lipinski definition) is 2. The molecule has 2 N–H and O–H groups in total. The molecule has 3 aromatic carbocycles. The lowest BCUT2D eigenvalue weighted by atomic mass is 9.98. The molecule has 6 nitrogen and oxygen atoms in total. The van der Waals surface area contributed by atoms with Gasteiger partial charge in [0, 0.05) is 23.6 Å². The number of methoxy groups -OCH3 is 1. The van der Waals surface area contributed by atoms with E-state index < -0.39 is 11.8 Å². The zero-order valence-corrected chi connectivity index (χ0v) is 16.7. The fourth-order valence-corrected chi connectivity index (χ4v) is 3.49. The fourth-order valence-electron chi connectivity index (χ4n) is 3.49. The van der Waals surface area contributed by atoms with Crippen LogP contribution in [0, 0.1) is 5.82 Å². The molecule has 0 saturated carbocycles. The predicted molar refractivity (Wildman–Crippen MR) is 114 cm³/mol. The minimum atomic E-state index is -1.06. The maximum absolute atomic E-state index is 13.4. The summed E-state index contributed by atoms with van der Waals surface area (Å²) in [4.78, 5) is 24.1. The number of halogens is 1. The van der Waals surface area contributed by atoms with Gasteiger partial charge in [-0.05, 0) is 60.2 Å². The minimum absolute atomic E-state index is 0.113. The van der Waals surface area contributed by atoms with Crippen molar-refractivity contribution in [3.05, 3.63) is 77.6 Å². The Morgan fingerprint density at radius 1 is 1.00 bits per heavy atom. The summed E-state index contributed by atoms with van der Waals surface area (Å²) in [5.74, 6) is -1.00. The Bertz CT molecular complexity index is 1310. The fraction of sp³-hybridized carbons (Fsp3) is 0.0833. The van der Waals surface area contributed by atoms with E-state index in [9.17, 15) is 19.1 Å². The Balaban J connectivity index is 1.96. The van der Waals surface area contributed by atoms with Gasteiger partial charge in [0.1, 0.15) is 22.9 Å². The number of aromatic carboxylic acids is 1. The normalized spacial score (nSPS) is 10.8. The largest absolute Gasteiger partial charge is 0.496 e. The molecule has 1 aromatic heterocycles. The highest BCUT2D eigenvalue weighted by molar-refractivity contribution is 6.12. The summed E-state index contributed by atoms with van der Waals surface area (Å²) in [5.41, 5.74) is 2.67. The molecule has 4 rings (SSSR count). The summed E-state index contributed by atoms with van der Waals surface area (Å²) in [6.07, 6.45) is 0. The first-order valence-electron chi connectivity index (χ1n) is 9.39. The third kappa shape index (κ3) is 3.61. The highest BCUT2D eigenvalue weighted by Gasteiger charge is 2.22. The maximum Gasteiger partial charge on any atom is 0.335 e. The number of carbonyl (C=O) groups excluding carboxylic acids is 1. The van der Waals surface area contributed by atoms with E-state index in [2.05, 4.69) is 5.32 Å². The lowest BCUT2D eigenvalue weighted by molar-refractivity contribution is 0.0696. The standard InChI is InChI=1S/C24H18FNO5/c1-26-23(27)21-18-11-14(17-12-15(24(28)29)6-9-19(17)30-2)5-10-20(18)31-22(21)13-3-7-16(25)8-4-13/h3-12H,1-2H3,(H,26,27)(H,28,29). The molecule has 0 aliphatic rings. The molecule has 1 heterocycles.